The van der Waals surface area contributed by atoms with E-state index in [1.54, 1.807) is 0 Å². The van der Waals surface area contributed by atoms with Crippen molar-refractivity contribution in [3.8, 4) is 0 Å². The normalized spacial score (nSPS) is 14.7. The van der Waals surface area contributed by atoms with Gasteiger partial charge in [0.2, 0.25) is 0 Å². The van der Waals surface area contributed by atoms with E-state index in [2.05, 4.69) is 5.32 Å². The second-order valence-electron chi connectivity index (χ2n) is 1.46. The lowest BCUT2D eigenvalue weighted by atomic mass is 10.4. The molecule has 0 atom stereocenters. The van der Waals surface area contributed by atoms with Crippen LogP contribution in [0.5, 0.6) is 0 Å². The van der Waals surface area contributed by atoms with Gasteiger partial charge in [0.15, 0.2) is 0 Å². The fraction of sp³-hybridized carbons (Fsp3) is 1.00. The molecule has 1 saturated heterocycles. The molecule has 1 nitrogen and oxygen atoms in total. The average molecular weight is 135 g/mol. The van der Waals surface area contributed by atoms with Crippen LogP contribution in [-0.2, 0) is 0 Å². The zero-order chi connectivity index (χ0) is 7.54. The third-order valence-corrected chi connectivity index (χ3v) is 0.957. The van der Waals surface area contributed by atoms with Crippen molar-refractivity contribution in [2.45, 2.75) is 26.7 Å². The van der Waals surface area contributed by atoms with Crippen molar-refractivity contribution in [3.05, 3.63) is 0 Å². The smallest absolute Gasteiger partial charge is 0.0785 e. The largest absolute Gasteiger partial charge is 0.317 e. The van der Waals surface area contributed by atoms with Gasteiger partial charge >= 0.3 is 0 Å². The van der Waals surface area contributed by atoms with Gasteiger partial charge in [-0.05, 0) is 25.9 Å². The molecule has 0 spiro atoms. The van der Waals surface area contributed by atoms with Gasteiger partial charge in [-0.3, -0.25) is 4.39 Å². The van der Waals surface area contributed by atoms with Gasteiger partial charge in [-0.15, -0.1) is 0 Å². The van der Waals surface area contributed by atoms with Crippen molar-refractivity contribution in [3.63, 3.8) is 0 Å². The highest BCUT2D eigenvalue weighted by atomic mass is 19.1. The first-order valence-corrected chi connectivity index (χ1v) is 3.59. The highest BCUT2D eigenvalue weighted by Crippen LogP contribution is 1.90. The van der Waals surface area contributed by atoms with Crippen molar-refractivity contribution in [2.24, 2.45) is 0 Å². The predicted octanol–water partition coefficient (Wildman–Crippen LogP) is 1.98. The Kier molecular flexibility index (Phi) is 20.3. The van der Waals surface area contributed by atoms with Crippen LogP contribution < -0.4 is 5.32 Å². The van der Waals surface area contributed by atoms with Gasteiger partial charge in [0, 0.05) is 0 Å². The summed E-state index contributed by atoms with van der Waals surface area (Å²) in [6.07, 6.45) is 2.78. The molecule has 0 aromatic carbocycles. The highest BCUT2D eigenvalue weighted by molar-refractivity contribution is 4.55. The number of halogens is 1. The van der Waals surface area contributed by atoms with Gasteiger partial charge in [-0.1, -0.05) is 13.8 Å². The second kappa shape index (κ2) is 15.7. The van der Waals surface area contributed by atoms with Gasteiger partial charge in [0.1, 0.15) is 0 Å². The maximum Gasteiger partial charge on any atom is 0.0785 e. The Morgan fingerprint density at radius 1 is 1.00 bits per heavy atom. The van der Waals surface area contributed by atoms with Crippen molar-refractivity contribution >= 4 is 0 Å². The molecular weight excluding hydrogens is 117 g/mol. The molecule has 1 N–H and O–H groups in total. The molecule has 1 fully saturated rings. The van der Waals surface area contributed by atoms with Crippen LogP contribution in [0.4, 0.5) is 4.39 Å². The third-order valence-electron chi connectivity index (χ3n) is 0.957. The van der Waals surface area contributed by atoms with E-state index in [-0.39, 0.29) is 0 Å². The second-order valence-corrected chi connectivity index (χ2v) is 1.46. The first kappa shape index (κ1) is 11.7. The van der Waals surface area contributed by atoms with E-state index in [4.69, 9.17) is 0 Å². The van der Waals surface area contributed by atoms with Crippen LogP contribution in [0.3, 0.4) is 0 Å². The fourth-order valence-electron chi connectivity index (χ4n) is 0.625. The van der Waals surface area contributed by atoms with Crippen LogP contribution in [0, 0.1) is 0 Å². The number of alkyl halides is 1. The summed E-state index contributed by atoms with van der Waals surface area (Å²) >= 11 is 0. The Bertz CT molecular complexity index is 20.5. The molecule has 1 aliphatic rings. The Labute approximate surface area is 57.7 Å². The molecule has 0 saturated carbocycles. The van der Waals surface area contributed by atoms with E-state index in [1.165, 1.54) is 25.9 Å². The van der Waals surface area contributed by atoms with E-state index in [9.17, 15) is 4.39 Å². The molecule has 1 rings (SSSR count). The molecule has 1 aliphatic heterocycles. The van der Waals surface area contributed by atoms with Crippen molar-refractivity contribution < 1.29 is 4.39 Å². The summed E-state index contributed by atoms with van der Waals surface area (Å²) in [5.74, 6) is 0. The Morgan fingerprint density at radius 2 is 1.33 bits per heavy atom. The number of hydrogen-bond acceptors (Lipinski definition) is 1. The van der Waals surface area contributed by atoms with Gasteiger partial charge in [0.25, 0.3) is 0 Å². The zero-order valence-electron chi connectivity index (χ0n) is 6.71. The molecule has 0 unspecified atom stereocenters. The van der Waals surface area contributed by atoms with E-state index >= 15 is 0 Å². The summed E-state index contributed by atoms with van der Waals surface area (Å²) in [6.45, 7) is 6.50. The van der Waals surface area contributed by atoms with E-state index < -0.39 is 0 Å². The summed E-state index contributed by atoms with van der Waals surface area (Å²) in [6, 6.07) is 0. The lowest BCUT2D eigenvalue weighted by Gasteiger charge is -1.76. The van der Waals surface area contributed by atoms with E-state index in [0.717, 1.165) is 0 Å². The summed E-state index contributed by atoms with van der Waals surface area (Å²) in [5.41, 5.74) is 0. The maximum absolute atomic E-state index is 9.50. The first-order valence-electron chi connectivity index (χ1n) is 3.59. The molecule has 0 aliphatic carbocycles. The molecule has 58 valence electrons. The zero-order valence-corrected chi connectivity index (χ0v) is 6.71. The monoisotopic (exact) mass is 135 g/mol. The molecule has 0 radical (unpaired) electrons. The van der Waals surface area contributed by atoms with Crippen molar-refractivity contribution in [2.75, 3.05) is 20.3 Å². The molecule has 0 aromatic heterocycles. The minimum absolute atomic E-state index is 0.500. The lowest BCUT2D eigenvalue weighted by molar-refractivity contribution is 0.636. The molecular formula is C7H18FN. The minimum Gasteiger partial charge on any atom is -0.317 e. The van der Waals surface area contributed by atoms with Crippen LogP contribution in [0.1, 0.15) is 26.7 Å². The topological polar surface area (TPSA) is 12.0 Å². The molecule has 0 aromatic rings. The van der Waals surface area contributed by atoms with Gasteiger partial charge in [-0.2, -0.15) is 0 Å². The third kappa shape index (κ3) is 11.4. The Morgan fingerprint density at radius 3 is 1.44 bits per heavy atom. The van der Waals surface area contributed by atoms with Crippen LogP contribution >= 0.6 is 0 Å². The summed E-state index contributed by atoms with van der Waals surface area (Å²) in [5, 5.41) is 3.22. The molecule has 0 amide bonds. The minimum atomic E-state index is 0.500. The summed E-state index contributed by atoms with van der Waals surface area (Å²) < 4.78 is 9.50. The van der Waals surface area contributed by atoms with Crippen LogP contribution in [0.25, 0.3) is 0 Å². The van der Waals surface area contributed by atoms with Crippen LogP contribution in [0.15, 0.2) is 0 Å². The standard InChI is InChI=1S/C4H9N.C2H6.CH3F/c1-2-4-5-3-1;2*1-2/h5H,1-4H2;1-2H3;1H3. The Hall–Kier alpha value is -0.110. The lowest BCUT2D eigenvalue weighted by Crippen LogP contribution is -2.03. The number of hydrogen-bond donors (Lipinski definition) is 1. The van der Waals surface area contributed by atoms with Crippen LogP contribution in [-0.4, -0.2) is 20.3 Å². The number of nitrogens with one attached hydrogen (secondary N) is 1. The van der Waals surface area contributed by atoms with Gasteiger partial charge in [0.05, 0.1) is 7.18 Å². The van der Waals surface area contributed by atoms with Gasteiger partial charge < -0.3 is 5.32 Å². The maximum atomic E-state index is 9.50. The van der Waals surface area contributed by atoms with Gasteiger partial charge in [-0.25, -0.2) is 0 Å². The molecule has 0 bridgehead atoms. The molecule has 1 heterocycles. The predicted molar refractivity (Wildman–Crippen MR) is 40.5 cm³/mol. The van der Waals surface area contributed by atoms with E-state index in [0.29, 0.717) is 7.18 Å². The summed E-state index contributed by atoms with van der Waals surface area (Å²) in [7, 11) is 0.500. The Balaban J connectivity index is 0. The van der Waals surface area contributed by atoms with Crippen LogP contribution in [0.2, 0.25) is 0 Å². The molecule has 9 heavy (non-hydrogen) atoms. The first-order chi connectivity index (χ1) is 4.50. The van der Waals surface area contributed by atoms with Crippen molar-refractivity contribution in [1.82, 2.24) is 5.32 Å². The quantitative estimate of drug-likeness (QED) is 0.535. The fourth-order valence-corrected chi connectivity index (χ4v) is 0.625. The van der Waals surface area contributed by atoms with Crippen molar-refractivity contribution in [1.29, 1.82) is 0 Å². The SMILES string of the molecule is C1CCNC1.CC.CF. The molecule has 2 heteroatoms. The van der Waals surface area contributed by atoms with E-state index in [1.807, 2.05) is 13.8 Å². The number of rotatable bonds is 0. The average Bonchev–Trinajstić information content (AvgIpc) is 2.51. The summed E-state index contributed by atoms with van der Waals surface area (Å²) in [4.78, 5) is 0. The highest BCUT2D eigenvalue weighted by Gasteiger charge is 1.93.